The van der Waals surface area contributed by atoms with Crippen LogP contribution >= 0.6 is 24.0 Å². The van der Waals surface area contributed by atoms with Gasteiger partial charge in [-0.3, -0.25) is 4.79 Å². The van der Waals surface area contributed by atoms with Crippen LogP contribution in [0.25, 0.3) is 10.1 Å². The van der Waals surface area contributed by atoms with Gasteiger partial charge in [0.2, 0.25) is 0 Å². The van der Waals surface area contributed by atoms with E-state index in [0.717, 1.165) is 15.7 Å². The minimum atomic E-state index is 0.0525. The second-order valence-corrected chi connectivity index (χ2v) is 4.62. The molecule has 15 heavy (non-hydrogen) atoms. The van der Waals surface area contributed by atoms with Gasteiger partial charge >= 0.3 is 0 Å². The lowest BCUT2D eigenvalue weighted by atomic mass is 10.3. The van der Waals surface area contributed by atoms with Crippen LogP contribution in [0, 0.1) is 0 Å². The summed E-state index contributed by atoms with van der Waals surface area (Å²) in [6.07, 6.45) is 1.82. The molecule has 2 aromatic heterocycles. The standard InChI is InChI=1S/C11H11NOS2/c1-8(7-14)6-12-4-2-10-9(11(12)13)3-5-15-10/h2-5,14H,1,6-7H2. The summed E-state index contributed by atoms with van der Waals surface area (Å²) in [5, 5.41) is 2.72. The van der Waals surface area contributed by atoms with E-state index in [1.165, 1.54) is 0 Å². The lowest BCUT2D eigenvalue weighted by molar-refractivity contribution is 0.760. The van der Waals surface area contributed by atoms with Gasteiger partial charge in [0, 0.05) is 23.2 Å². The van der Waals surface area contributed by atoms with E-state index in [4.69, 9.17) is 0 Å². The number of aromatic nitrogens is 1. The number of rotatable bonds is 3. The van der Waals surface area contributed by atoms with Crippen LogP contribution in [0.1, 0.15) is 0 Å². The van der Waals surface area contributed by atoms with Gasteiger partial charge in [0.25, 0.3) is 5.56 Å². The van der Waals surface area contributed by atoms with Crippen molar-refractivity contribution in [2.24, 2.45) is 0 Å². The Morgan fingerprint density at radius 2 is 2.33 bits per heavy atom. The van der Waals surface area contributed by atoms with Crippen molar-refractivity contribution in [2.75, 3.05) is 5.75 Å². The van der Waals surface area contributed by atoms with Crippen molar-refractivity contribution >= 4 is 34.1 Å². The summed E-state index contributed by atoms with van der Waals surface area (Å²) in [6.45, 7) is 4.39. The van der Waals surface area contributed by atoms with E-state index in [0.29, 0.717) is 12.3 Å². The predicted molar refractivity (Wildman–Crippen MR) is 69.1 cm³/mol. The molecule has 0 aliphatic heterocycles. The fourth-order valence-electron chi connectivity index (χ4n) is 1.42. The molecule has 0 unspecified atom stereocenters. The Morgan fingerprint density at radius 3 is 3.07 bits per heavy atom. The highest BCUT2D eigenvalue weighted by molar-refractivity contribution is 7.80. The van der Waals surface area contributed by atoms with Crippen molar-refractivity contribution in [3.05, 3.63) is 46.2 Å². The molecule has 2 heterocycles. The molecule has 0 saturated carbocycles. The number of nitrogens with zero attached hydrogens (tertiary/aromatic N) is 1. The highest BCUT2D eigenvalue weighted by Crippen LogP contribution is 2.16. The summed E-state index contributed by atoms with van der Waals surface area (Å²) >= 11 is 5.71. The van der Waals surface area contributed by atoms with Crippen LogP contribution in [0.5, 0.6) is 0 Å². The third-order valence-corrected chi connectivity index (χ3v) is 3.54. The van der Waals surface area contributed by atoms with Gasteiger partial charge in [-0.1, -0.05) is 6.58 Å². The molecule has 0 N–H and O–H groups in total. The van der Waals surface area contributed by atoms with Gasteiger partial charge in [0.05, 0.1) is 5.39 Å². The molecule has 0 saturated heterocycles. The fraction of sp³-hybridized carbons (Fsp3) is 0.182. The molecular formula is C11H11NOS2. The second-order valence-electron chi connectivity index (χ2n) is 3.36. The fourth-order valence-corrected chi connectivity index (χ4v) is 2.29. The second kappa shape index (κ2) is 4.24. The third-order valence-electron chi connectivity index (χ3n) is 2.21. The van der Waals surface area contributed by atoms with E-state index in [1.807, 2.05) is 23.7 Å². The van der Waals surface area contributed by atoms with Crippen LogP contribution in [0.2, 0.25) is 0 Å². The van der Waals surface area contributed by atoms with Gasteiger partial charge in [-0.2, -0.15) is 12.6 Å². The average Bonchev–Trinajstić information content (AvgIpc) is 2.70. The maximum atomic E-state index is 11.9. The Balaban J connectivity index is 2.48. The molecule has 0 radical (unpaired) electrons. The number of thiol groups is 1. The maximum absolute atomic E-state index is 11.9. The zero-order valence-corrected chi connectivity index (χ0v) is 9.85. The van der Waals surface area contributed by atoms with Crippen molar-refractivity contribution in [1.29, 1.82) is 0 Å². The van der Waals surface area contributed by atoms with Crippen LogP contribution in [-0.4, -0.2) is 10.3 Å². The predicted octanol–water partition coefficient (Wildman–Crippen LogP) is 2.55. The molecule has 2 rings (SSSR count). The van der Waals surface area contributed by atoms with E-state index in [2.05, 4.69) is 19.2 Å². The van der Waals surface area contributed by atoms with Crippen LogP contribution in [-0.2, 0) is 6.54 Å². The molecule has 2 nitrogen and oxygen atoms in total. The average molecular weight is 237 g/mol. The van der Waals surface area contributed by atoms with Gasteiger partial charge in [-0.25, -0.2) is 0 Å². The topological polar surface area (TPSA) is 22.0 Å². The number of hydrogen-bond donors (Lipinski definition) is 1. The van der Waals surface area contributed by atoms with Crippen molar-refractivity contribution in [1.82, 2.24) is 4.57 Å². The first-order chi connectivity index (χ1) is 7.22. The number of hydrogen-bond acceptors (Lipinski definition) is 3. The summed E-state index contributed by atoms with van der Waals surface area (Å²) in [7, 11) is 0. The first-order valence-electron chi connectivity index (χ1n) is 4.56. The zero-order chi connectivity index (χ0) is 10.8. The minimum absolute atomic E-state index is 0.0525. The van der Waals surface area contributed by atoms with Crippen molar-refractivity contribution in [2.45, 2.75) is 6.54 Å². The molecule has 0 spiro atoms. The van der Waals surface area contributed by atoms with E-state index in [-0.39, 0.29) is 5.56 Å². The van der Waals surface area contributed by atoms with Crippen LogP contribution in [0.15, 0.2) is 40.7 Å². The molecule has 2 aromatic rings. The molecule has 78 valence electrons. The third kappa shape index (κ3) is 2.01. The van der Waals surface area contributed by atoms with E-state index in [9.17, 15) is 4.79 Å². The SMILES string of the molecule is C=C(CS)Cn1ccc2sccc2c1=O. The van der Waals surface area contributed by atoms with Gasteiger partial charge < -0.3 is 4.57 Å². The molecule has 4 heteroatoms. The van der Waals surface area contributed by atoms with Crippen LogP contribution in [0.3, 0.4) is 0 Å². The number of thiophene rings is 1. The molecule has 0 aliphatic carbocycles. The summed E-state index contributed by atoms with van der Waals surface area (Å²) < 4.78 is 2.71. The monoisotopic (exact) mass is 237 g/mol. The Hall–Kier alpha value is -1.00. The van der Waals surface area contributed by atoms with Gasteiger partial charge in [-0.05, 0) is 23.1 Å². The summed E-state index contributed by atoms with van der Waals surface area (Å²) in [5.74, 6) is 0.605. The number of fused-ring (bicyclic) bond motifs is 1. The summed E-state index contributed by atoms with van der Waals surface area (Å²) in [4.78, 5) is 11.9. The quantitative estimate of drug-likeness (QED) is 0.643. The van der Waals surface area contributed by atoms with Crippen molar-refractivity contribution in [3.63, 3.8) is 0 Å². The smallest absolute Gasteiger partial charge is 0.259 e. The zero-order valence-electron chi connectivity index (χ0n) is 8.14. The molecule has 0 fully saturated rings. The largest absolute Gasteiger partial charge is 0.311 e. The normalized spacial score (nSPS) is 10.7. The van der Waals surface area contributed by atoms with Gasteiger partial charge in [0.1, 0.15) is 0 Å². The molecular weight excluding hydrogens is 226 g/mol. The van der Waals surface area contributed by atoms with E-state index < -0.39 is 0 Å². The van der Waals surface area contributed by atoms with Crippen LogP contribution in [0.4, 0.5) is 0 Å². The molecule has 0 bridgehead atoms. The number of pyridine rings is 1. The van der Waals surface area contributed by atoms with Gasteiger partial charge in [0.15, 0.2) is 0 Å². The van der Waals surface area contributed by atoms with Crippen molar-refractivity contribution < 1.29 is 0 Å². The highest BCUT2D eigenvalue weighted by atomic mass is 32.1. The van der Waals surface area contributed by atoms with Crippen LogP contribution < -0.4 is 5.56 Å². The Bertz CT molecular complexity index is 553. The summed E-state index contributed by atoms with van der Waals surface area (Å²) in [6, 6.07) is 3.83. The maximum Gasteiger partial charge on any atom is 0.259 e. The first kappa shape index (κ1) is 10.5. The molecule has 0 aliphatic rings. The van der Waals surface area contributed by atoms with Gasteiger partial charge in [-0.15, -0.1) is 11.3 Å². The highest BCUT2D eigenvalue weighted by Gasteiger charge is 2.03. The Kier molecular flexibility index (Phi) is 2.98. The lowest BCUT2D eigenvalue weighted by Crippen LogP contribution is -2.19. The molecule has 0 aromatic carbocycles. The Morgan fingerprint density at radius 1 is 1.53 bits per heavy atom. The Labute approximate surface area is 97.3 Å². The first-order valence-corrected chi connectivity index (χ1v) is 6.07. The van der Waals surface area contributed by atoms with E-state index in [1.54, 1.807) is 15.9 Å². The molecule has 0 atom stereocenters. The van der Waals surface area contributed by atoms with E-state index >= 15 is 0 Å². The molecule has 0 amide bonds. The summed E-state index contributed by atoms with van der Waals surface area (Å²) in [5.41, 5.74) is 0.992. The lowest BCUT2D eigenvalue weighted by Gasteiger charge is -2.06. The minimum Gasteiger partial charge on any atom is -0.311 e. The van der Waals surface area contributed by atoms with Crippen molar-refractivity contribution in [3.8, 4) is 0 Å².